The van der Waals surface area contributed by atoms with Gasteiger partial charge in [0.05, 0.1) is 12.2 Å². The molecule has 21 heavy (non-hydrogen) atoms. The van der Waals surface area contributed by atoms with Crippen molar-refractivity contribution in [3.05, 3.63) is 51.3 Å². The number of aliphatic hydroxyl groups excluding tert-OH is 1. The van der Waals surface area contributed by atoms with Crippen LogP contribution < -0.4 is 5.32 Å². The van der Waals surface area contributed by atoms with Crippen LogP contribution in [-0.2, 0) is 13.1 Å². The molecule has 2 aromatic rings. The lowest BCUT2D eigenvalue weighted by atomic mass is 10.2. The van der Waals surface area contributed by atoms with E-state index in [-0.39, 0.29) is 6.61 Å². The van der Waals surface area contributed by atoms with E-state index in [9.17, 15) is 0 Å². The molecule has 0 spiro atoms. The maximum atomic E-state index is 8.77. The molecule has 6 heteroatoms. The van der Waals surface area contributed by atoms with Gasteiger partial charge in [-0.3, -0.25) is 0 Å². The van der Waals surface area contributed by atoms with E-state index in [1.165, 1.54) is 0 Å². The van der Waals surface area contributed by atoms with E-state index in [2.05, 4.69) is 10.4 Å². The molecular formula is C15H19Cl2N3O. The van der Waals surface area contributed by atoms with E-state index in [4.69, 9.17) is 28.3 Å². The number of aryl methyl sites for hydroxylation is 1. The number of halogens is 2. The molecule has 0 aliphatic heterocycles. The van der Waals surface area contributed by atoms with Gasteiger partial charge in [-0.15, -0.1) is 0 Å². The van der Waals surface area contributed by atoms with Crippen molar-refractivity contribution >= 4 is 23.2 Å². The van der Waals surface area contributed by atoms with E-state index in [0.717, 1.165) is 34.8 Å². The summed E-state index contributed by atoms with van der Waals surface area (Å²) in [7, 11) is 0. The smallest absolute Gasteiger partial charge is 0.132 e. The summed E-state index contributed by atoms with van der Waals surface area (Å²) in [5, 5.41) is 17.9. The van der Waals surface area contributed by atoms with Crippen LogP contribution in [0.4, 0.5) is 0 Å². The summed E-state index contributed by atoms with van der Waals surface area (Å²) < 4.78 is 1.79. The Bertz CT molecular complexity index is 581. The molecule has 0 radical (unpaired) electrons. The van der Waals surface area contributed by atoms with Crippen LogP contribution in [0.5, 0.6) is 0 Å². The fraction of sp³-hybridized carbons (Fsp3) is 0.400. The number of nitrogens with one attached hydrogen (secondary N) is 1. The van der Waals surface area contributed by atoms with Crippen LogP contribution in [0.25, 0.3) is 0 Å². The molecule has 2 N–H and O–H groups in total. The number of aliphatic hydroxyl groups is 1. The van der Waals surface area contributed by atoms with E-state index in [1.807, 2.05) is 31.2 Å². The van der Waals surface area contributed by atoms with Gasteiger partial charge in [-0.25, -0.2) is 4.68 Å². The zero-order chi connectivity index (χ0) is 15.2. The Morgan fingerprint density at radius 1 is 1.24 bits per heavy atom. The highest BCUT2D eigenvalue weighted by molar-refractivity contribution is 6.30. The third-order valence-electron chi connectivity index (χ3n) is 3.24. The van der Waals surface area contributed by atoms with Gasteiger partial charge in [-0.2, -0.15) is 5.10 Å². The molecule has 4 nitrogen and oxygen atoms in total. The maximum absolute atomic E-state index is 8.77. The summed E-state index contributed by atoms with van der Waals surface area (Å²) in [5.41, 5.74) is 3.03. The summed E-state index contributed by atoms with van der Waals surface area (Å²) in [6, 6.07) is 7.65. The monoisotopic (exact) mass is 327 g/mol. The molecule has 1 heterocycles. The van der Waals surface area contributed by atoms with Gasteiger partial charge in [0.15, 0.2) is 0 Å². The Labute approximate surface area is 134 Å². The van der Waals surface area contributed by atoms with Crippen molar-refractivity contribution in [1.29, 1.82) is 0 Å². The van der Waals surface area contributed by atoms with Gasteiger partial charge in [-0.1, -0.05) is 35.3 Å². The molecule has 1 aromatic carbocycles. The second-order valence-corrected chi connectivity index (χ2v) is 5.69. The first-order valence-corrected chi connectivity index (χ1v) is 7.65. The highest BCUT2D eigenvalue weighted by Crippen LogP contribution is 2.21. The molecule has 0 fully saturated rings. The third kappa shape index (κ3) is 4.45. The van der Waals surface area contributed by atoms with Crippen LogP contribution in [0.2, 0.25) is 10.2 Å². The van der Waals surface area contributed by atoms with E-state index >= 15 is 0 Å². The minimum atomic E-state index is 0.190. The van der Waals surface area contributed by atoms with Crippen molar-refractivity contribution in [2.75, 3.05) is 13.2 Å². The minimum absolute atomic E-state index is 0.190. The molecule has 0 aliphatic rings. The number of rotatable bonds is 7. The van der Waals surface area contributed by atoms with Crippen LogP contribution in [-0.4, -0.2) is 28.0 Å². The molecule has 114 valence electrons. The largest absolute Gasteiger partial charge is 0.396 e. The van der Waals surface area contributed by atoms with Crippen molar-refractivity contribution in [2.45, 2.75) is 26.4 Å². The molecule has 0 saturated carbocycles. The number of hydrogen-bond acceptors (Lipinski definition) is 3. The van der Waals surface area contributed by atoms with E-state index in [1.54, 1.807) is 4.68 Å². The quantitative estimate of drug-likeness (QED) is 0.768. The molecule has 0 bridgehead atoms. The van der Waals surface area contributed by atoms with Crippen molar-refractivity contribution in [3.8, 4) is 0 Å². The fourth-order valence-corrected chi connectivity index (χ4v) is 2.50. The standard InChI is InChI=1S/C15H19Cl2N3O/c1-11-14(9-18-7-2-8-21)15(17)20(19-11)10-12-3-5-13(16)6-4-12/h3-6,18,21H,2,7-10H2,1H3. The van der Waals surface area contributed by atoms with E-state index in [0.29, 0.717) is 18.2 Å². The second-order valence-electron chi connectivity index (χ2n) is 4.89. The first-order chi connectivity index (χ1) is 10.1. The Morgan fingerprint density at radius 3 is 2.62 bits per heavy atom. The summed E-state index contributed by atoms with van der Waals surface area (Å²) >= 11 is 12.3. The van der Waals surface area contributed by atoms with Crippen molar-refractivity contribution in [2.24, 2.45) is 0 Å². The van der Waals surface area contributed by atoms with Gasteiger partial charge < -0.3 is 10.4 Å². The van der Waals surface area contributed by atoms with Gasteiger partial charge >= 0.3 is 0 Å². The number of hydrogen-bond donors (Lipinski definition) is 2. The topological polar surface area (TPSA) is 50.1 Å². The number of nitrogens with zero attached hydrogens (tertiary/aromatic N) is 2. The average molecular weight is 328 g/mol. The summed E-state index contributed by atoms with van der Waals surface area (Å²) in [6.07, 6.45) is 0.732. The third-order valence-corrected chi connectivity index (χ3v) is 3.92. The lowest BCUT2D eigenvalue weighted by Gasteiger charge is -2.05. The molecule has 0 aliphatic carbocycles. The Balaban J connectivity index is 2.05. The predicted molar refractivity (Wildman–Crippen MR) is 85.9 cm³/mol. The SMILES string of the molecule is Cc1nn(Cc2ccc(Cl)cc2)c(Cl)c1CNCCCO. The van der Waals surface area contributed by atoms with Gasteiger partial charge in [-0.05, 0) is 37.6 Å². The van der Waals surface area contributed by atoms with Crippen LogP contribution in [0.15, 0.2) is 24.3 Å². The Hall–Kier alpha value is -1.07. The summed E-state index contributed by atoms with van der Waals surface area (Å²) in [6.45, 7) is 4.18. The Kier molecular flexibility index (Phi) is 6.06. The average Bonchev–Trinajstić information content (AvgIpc) is 2.73. The van der Waals surface area contributed by atoms with E-state index < -0.39 is 0 Å². The molecule has 1 aromatic heterocycles. The van der Waals surface area contributed by atoms with Crippen molar-refractivity contribution in [3.63, 3.8) is 0 Å². The van der Waals surface area contributed by atoms with Gasteiger partial charge in [0.2, 0.25) is 0 Å². The van der Waals surface area contributed by atoms with Crippen molar-refractivity contribution < 1.29 is 5.11 Å². The predicted octanol–water partition coefficient (Wildman–Crippen LogP) is 3.02. The van der Waals surface area contributed by atoms with Gasteiger partial charge in [0.25, 0.3) is 0 Å². The number of benzene rings is 1. The zero-order valence-corrected chi connectivity index (χ0v) is 13.5. The molecule has 0 atom stereocenters. The zero-order valence-electron chi connectivity index (χ0n) is 11.9. The molecule has 0 amide bonds. The molecular weight excluding hydrogens is 309 g/mol. The lowest BCUT2D eigenvalue weighted by Crippen LogP contribution is -2.16. The highest BCUT2D eigenvalue weighted by Gasteiger charge is 2.13. The minimum Gasteiger partial charge on any atom is -0.396 e. The first-order valence-electron chi connectivity index (χ1n) is 6.89. The molecule has 2 rings (SSSR count). The van der Waals surface area contributed by atoms with Crippen LogP contribution in [0, 0.1) is 6.92 Å². The normalized spacial score (nSPS) is 11.0. The van der Waals surface area contributed by atoms with Gasteiger partial charge in [0.1, 0.15) is 5.15 Å². The first kappa shape index (κ1) is 16.3. The summed E-state index contributed by atoms with van der Waals surface area (Å²) in [5.74, 6) is 0. The summed E-state index contributed by atoms with van der Waals surface area (Å²) in [4.78, 5) is 0. The van der Waals surface area contributed by atoms with Crippen LogP contribution in [0.3, 0.4) is 0 Å². The molecule has 0 unspecified atom stereocenters. The lowest BCUT2D eigenvalue weighted by molar-refractivity contribution is 0.286. The van der Waals surface area contributed by atoms with Crippen molar-refractivity contribution in [1.82, 2.24) is 15.1 Å². The van der Waals surface area contributed by atoms with Crippen LogP contribution >= 0.6 is 23.2 Å². The fourth-order valence-electron chi connectivity index (χ4n) is 2.08. The second kappa shape index (κ2) is 7.80. The maximum Gasteiger partial charge on any atom is 0.132 e. The van der Waals surface area contributed by atoms with Gasteiger partial charge in [0, 0.05) is 23.7 Å². The molecule has 0 saturated heterocycles. The highest BCUT2D eigenvalue weighted by atomic mass is 35.5. The van der Waals surface area contributed by atoms with Crippen LogP contribution in [0.1, 0.15) is 23.2 Å². The number of aromatic nitrogens is 2. The Morgan fingerprint density at radius 2 is 1.95 bits per heavy atom.